The fraction of sp³-hybridized carbons (Fsp3) is 0.867. The first kappa shape index (κ1) is 17.8. The molecule has 6 nitrogen and oxygen atoms in total. The number of nitrogens with two attached hydrogens (primary N) is 1. The van der Waals surface area contributed by atoms with Gasteiger partial charge in [0.05, 0.1) is 0 Å². The van der Waals surface area contributed by atoms with Crippen molar-refractivity contribution >= 4 is 12.0 Å². The quantitative estimate of drug-likeness (QED) is 0.623. The minimum Gasteiger partial charge on any atom is -0.444 e. The molecule has 0 radical (unpaired) electrons. The van der Waals surface area contributed by atoms with Gasteiger partial charge >= 0.3 is 6.09 Å². The molecular formula is C15H29N3O3. The summed E-state index contributed by atoms with van der Waals surface area (Å²) in [6, 6.07) is 0.612. The van der Waals surface area contributed by atoms with Crippen LogP contribution >= 0.6 is 0 Å². The van der Waals surface area contributed by atoms with Crippen molar-refractivity contribution in [1.82, 2.24) is 10.6 Å². The van der Waals surface area contributed by atoms with E-state index in [-0.39, 0.29) is 18.0 Å². The number of hydrogen-bond acceptors (Lipinski definition) is 4. The number of rotatable bonds is 7. The molecule has 0 bridgehead atoms. The van der Waals surface area contributed by atoms with Crippen LogP contribution in [0.2, 0.25) is 0 Å². The predicted octanol–water partition coefficient (Wildman–Crippen LogP) is 1.68. The molecular weight excluding hydrogens is 270 g/mol. The van der Waals surface area contributed by atoms with Crippen LogP contribution in [-0.4, -0.2) is 36.2 Å². The SMILES string of the molecule is CC(C)(C)OC(=O)NC1CCC(NCCCCC(N)=O)C1. The Hall–Kier alpha value is -1.30. The molecule has 1 saturated carbocycles. The number of amides is 2. The van der Waals surface area contributed by atoms with E-state index in [1.807, 2.05) is 20.8 Å². The maximum atomic E-state index is 11.7. The molecule has 4 N–H and O–H groups in total. The summed E-state index contributed by atoms with van der Waals surface area (Å²) < 4.78 is 5.26. The van der Waals surface area contributed by atoms with Crippen LogP contribution in [0, 0.1) is 0 Å². The Kier molecular flexibility index (Phi) is 6.95. The average molecular weight is 299 g/mol. The van der Waals surface area contributed by atoms with Gasteiger partial charge in [-0.05, 0) is 59.4 Å². The maximum absolute atomic E-state index is 11.7. The molecule has 2 unspecified atom stereocenters. The van der Waals surface area contributed by atoms with Gasteiger partial charge < -0.3 is 21.1 Å². The van der Waals surface area contributed by atoms with Crippen molar-refractivity contribution in [1.29, 1.82) is 0 Å². The van der Waals surface area contributed by atoms with Gasteiger partial charge in [-0.25, -0.2) is 4.79 Å². The molecule has 122 valence electrons. The summed E-state index contributed by atoms with van der Waals surface area (Å²) in [4.78, 5) is 22.3. The van der Waals surface area contributed by atoms with Crippen LogP contribution in [0.4, 0.5) is 4.79 Å². The van der Waals surface area contributed by atoms with Gasteiger partial charge in [0.2, 0.25) is 5.91 Å². The molecule has 1 aliphatic rings. The normalized spacial score (nSPS) is 22.0. The summed E-state index contributed by atoms with van der Waals surface area (Å²) in [5.41, 5.74) is 4.64. The van der Waals surface area contributed by atoms with Crippen LogP contribution in [0.1, 0.15) is 59.3 Å². The molecule has 1 aliphatic carbocycles. The highest BCUT2D eigenvalue weighted by Gasteiger charge is 2.27. The lowest BCUT2D eigenvalue weighted by Crippen LogP contribution is -2.39. The van der Waals surface area contributed by atoms with Crippen molar-refractivity contribution in [3.63, 3.8) is 0 Å². The molecule has 2 amide bonds. The summed E-state index contributed by atoms with van der Waals surface area (Å²) in [5.74, 6) is -0.238. The van der Waals surface area contributed by atoms with Crippen molar-refractivity contribution < 1.29 is 14.3 Å². The molecule has 2 atom stereocenters. The van der Waals surface area contributed by atoms with Crippen LogP contribution in [0.15, 0.2) is 0 Å². The van der Waals surface area contributed by atoms with Crippen LogP contribution in [-0.2, 0) is 9.53 Å². The van der Waals surface area contributed by atoms with E-state index >= 15 is 0 Å². The number of nitrogens with one attached hydrogen (secondary N) is 2. The van der Waals surface area contributed by atoms with Gasteiger partial charge in [-0.3, -0.25) is 4.79 Å². The Morgan fingerprint density at radius 3 is 2.48 bits per heavy atom. The zero-order valence-electron chi connectivity index (χ0n) is 13.4. The molecule has 0 saturated heterocycles. The molecule has 0 aromatic carbocycles. The second kappa shape index (κ2) is 8.22. The summed E-state index contributed by atoms with van der Waals surface area (Å²) in [5, 5.41) is 6.38. The van der Waals surface area contributed by atoms with Crippen molar-refractivity contribution in [2.45, 2.75) is 77.0 Å². The molecule has 0 heterocycles. The Morgan fingerprint density at radius 1 is 1.19 bits per heavy atom. The minimum atomic E-state index is -0.458. The second-order valence-electron chi connectivity index (χ2n) is 6.73. The van der Waals surface area contributed by atoms with E-state index in [2.05, 4.69) is 10.6 Å². The van der Waals surface area contributed by atoms with E-state index in [4.69, 9.17) is 10.5 Å². The smallest absolute Gasteiger partial charge is 0.407 e. The van der Waals surface area contributed by atoms with Crippen LogP contribution in [0.3, 0.4) is 0 Å². The second-order valence-corrected chi connectivity index (χ2v) is 6.73. The van der Waals surface area contributed by atoms with Gasteiger partial charge in [0.25, 0.3) is 0 Å². The number of primary amides is 1. The van der Waals surface area contributed by atoms with Gasteiger partial charge in [-0.2, -0.15) is 0 Å². The zero-order chi connectivity index (χ0) is 15.9. The lowest BCUT2D eigenvalue weighted by Gasteiger charge is -2.21. The maximum Gasteiger partial charge on any atom is 0.407 e. The average Bonchev–Trinajstić information content (AvgIpc) is 2.73. The zero-order valence-corrected chi connectivity index (χ0v) is 13.4. The van der Waals surface area contributed by atoms with Crippen molar-refractivity contribution in [2.24, 2.45) is 5.73 Å². The standard InChI is InChI=1S/C15H29N3O3/c1-15(2,3)21-14(20)18-12-8-7-11(10-12)17-9-5-4-6-13(16)19/h11-12,17H,4-10H2,1-3H3,(H2,16,19)(H,18,20). The molecule has 1 rings (SSSR count). The molecule has 0 aliphatic heterocycles. The largest absolute Gasteiger partial charge is 0.444 e. The Labute approximate surface area is 127 Å². The van der Waals surface area contributed by atoms with E-state index in [1.54, 1.807) is 0 Å². The first-order valence-corrected chi connectivity index (χ1v) is 7.77. The summed E-state index contributed by atoms with van der Waals surface area (Å²) in [6.07, 6.45) is 4.84. The van der Waals surface area contributed by atoms with Gasteiger partial charge in [0, 0.05) is 18.5 Å². The number of carbonyl (C=O) groups is 2. The van der Waals surface area contributed by atoms with Crippen molar-refractivity contribution in [3.8, 4) is 0 Å². The third-order valence-corrected chi connectivity index (χ3v) is 3.44. The molecule has 21 heavy (non-hydrogen) atoms. The highest BCUT2D eigenvalue weighted by molar-refractivity contribution is 5.73. The van der Waals surface area contributed by atoms with Crippen molar-refractivity contribution in [3.05, 3.63) is 0 Å². The lowest BCUT2D eigenvalue weighted by molar-refractivity contribution is -0.118. The number of ether oxygens (including phenoxy) is 1. The van der Waals surface area contributed by atoms with Crippen LogP contribution < -0.4 is 16.4 Å². The van der Waals surface area contributed by atoms with E-state index in [0.29, 0.717) is 12.5 Å². The lowest BCUT2D eigenvalue weighted by atomic mass is 10.2. The third-order valence-electron chi connectivity index (χ3n) is 3.44. The number of alkyl carbamates (subject to hydrolysis) is 1. The summed E-state index contributed by atoms with van der Waals surface area (Å²) >= 11 is 0. The van der Waals surface area contributed by atoms with Crippen molar-refractivity contribution in [2.75, 3.05) is 6.54 Å². The number of unbranched alkanes of at least 4 members (excludes halogenated alkanes) is 1. The van der Waals surface area contributed by atoms with Crippen LogP contribution in [0.5, 0.6) is 0 Å². The van der Waals surface area contributed by atoms with Gasteiger partial charge in [-0.1, -0.05) is 0 Å². The highest BCUT2D eigenvalue weighted by Crippen LogP contribution is 2.20. The fourth-order valence-corrected chi connectivity index (χ4v) is 2.50. The van der Waals surface area contributed by atoms with E-state index < -0.39 is 5.60 Å². The minimum absolute atomic E-state index is 0.183. The summed E-state index contributed by atoms with van der Waals surface area (Å²) in [6.45, 7) is 6.46. The third kappa shape index (κ3) is 8.55. The highest BCUT2D eigenvalue weighted by atomic mass is 16.6. The molecule has 1 fully saturated rings. The van der Waals surface area contributed by atoms with E-state index in [1.165, 1.54) is 0 Å². The van der Waals surface area contributed by atoms with Gasteiger partial charge in [0.1, 0.15) is 5.60 Å². The molecule has 0 spiro atoms. The molecule has 6 heteroatoms. The van der Waals surface area contributed by atoms with Gasteiger partial charge in [0.15, 0.2) is 0 Å². The van der Waals surface area contributed by atoms with Gasteiger partial charge in [-0.15, -0.1) is 0 Å². The Balaban J connectivity index is 2.12. The number of hydrogen-bond donors (Lipinski definition) is 3. The monoisotopic (exact) mass is 299 g/mol. The first-order valence-electron chi connectivity index (χ1n) is 7.77. The fourth-order valence-electron chi connectivity index (χ4n) is 2.50. The Bertz CT molecular complexity index is 353. The number of carbonyl (C=O) groups excluding carboxylic acids is 2. The van der Waals surface area contributed by atoms with Crippen LogP contribution in [0.25, 0.3) is 0 Å². The molecule has 0 aromatic rings. The predicted molar refractivity (Wildman–Crippen MR) is 81.8 cm³/mol. The van der Waals surface area contributed by atoms with E-state index in [0.717, 1.165) is 38.6 Å². The first-order chi connectivity index (χ1) is 9.76. The topological polar surface area (TPSA) is 93.4 Å². The summed E-state index contributed by atoms with van der Waals surface area (Å²) in [7, 11) is 0. The Morgan fingerprint density at radius 2 is 1.86 bits per heavy atom. The molecule has 0 aromatic heterocycles. The van der Waals surface area contributed by atoms with E-state index in [9.17, 15) is 9.59 Å².